The summed E-state index contributed by atoms with van der Waals surface area (Å²) in [7, 11) is 1.75. The molecule has 1 amide bonds. The molecule has 20 heavy (non-hydrogen) atoms. The zero-order chi connectivity index (χ0) is 14.0. The number of hydrogen-bond donors (Lipinski definition) is 1. The molecule has 5 nitrogen and oxygen atoms in total. The molecule has 0 aliphatic carbocycles. The molecule has 1 atom stereocenters. The molecule has 1 saturated heterocycles. The molecule has 1 unspecified atom stereocenters. The van der Waals surface area contributed by atoms with Crippen LogP contribution in [0.3, 0.4) is 0 Å². The molecule has 0 spiro atoms. The third kappa shape index (κ3) is 3.86. The monoisotopic (exact) mass is 312 g/mol. The van der Waals surface area contributed by atoms with E-state index in [2.05, 4.69) is 10.3 Å². The Morgan fingerprint density at radius 3 is 2.80 bits per heavy atom. The van der Waals surface area contributed by atoms with E-state index in [0.29, 0.717) is 18.9 Å². The number of alkyl halides is 3. The SMILES string of the molecule is Cl.Cn1ccnc1C1CNCCN1C(=O)CC(F)(F)F. The number of carbonyl (C=O) groups is 1. The van der Waals surface area contributed by atoms with Crippen LogP contribution in [-0.4, -0.2) is 46.2 Å². The van der Waals surface area contributed by atoms with Crippen molar-refractivity contribution in [2.45, 2.75) is 18.6 Å². The number of amides is 1. The Morgan fingerprint density at radius 1 is 1.55 bits per heavy atom. The molecule has 1 fully saturated rings. The number of hydrogen-bond acceptors (Lipinski definition) is 3. The van der Waals surface area contributed by atoms with Crippen LogP contribution < -0.4 is 5.32 Å². The number of aryl methyl sites for hydroxylation is 1. The van der Waals surface area contributed by atoms with Crippen LogP contribution in [0.5, 0.6) is 0 Å². The Balaban J connectivity index is 0.00000200. The van der Waals surface area contributed by atoms with Crippen molar-refractivity contribution in [1.82, 2.24) is 19.8 Å². The largest absolute Gasteiger partial charge is 0.397 e. The van der Waals surface area contributed by atoms with Gasteiger partial charge in [-0.25, -0.2) is 4.98 Å². The van der Waals surface area contributed by atoms with Crippen LogP contribution in [0.25, 0.3) is 0 Å². The number of nitrogens with one attached hydrogen (secondary N) is 1. The van der Waals surface area contributed by atoms with Crippen molar-refractivity contribution in [3.05, 3.63) is 18.2 Å². The minimum absolute atomic E-state index is 0. The minimum Gasteiger partial charge on any atom is -0.336 e. The summed E-state index contributed by atoms with van der Waals surface area (Å²) in [6.45, 7) is 1.16. The molecule has 1 aromatic heterocycles. The van der Waals surface area contributed by atoms with Gasteiger partial charge in [0.05, 0.1) is 0 Å². The Kier molecular flexibility index (Phi) is 5.41. The van der Waals surface area contributed by atoms with Crippen LogP contribution >= 0.6 is 12.4 Å². The first-order valence-electron chi connectivity index (χ1n) is 5.92. The number of imidazole rings is 1. The lowest BCUT2D eigenvalue weighted by molar-refractivity contribution is -0.164. The summed E-state index contributed by atoms with van der Waals surface area (Å²) in [5.74, 6) is -0.315. The predicted octanol–water partition coefficient (Wildman–Crippen LogP) is 1.27. The van der Waals surface area contributed by atoms with E-state index in [9.17, 15) is 18.0 Å². The first-order valence-corrected chi connectivity index (χ1v) is 5.92. The molecule has 9 heteroatoms. The first kappa shape index (κ1) is 16.8. The first-order chi connectivity index (χ1) is 8.88. The van der Waals surface area contributed by atoms with Crippen LogP contribution in [0, 0.1) is 0 Å². The molecule has 2 rings (SSSR count). The smallest absolute Gasteiger partial charge is 0.336 e. The van der Waals surface area contributed by atoms with E-state index < -0.39 is 24.5 Å². The molecule has 2 heterocycles. The topological polar surface area (TPSA) is 50.2 Å². The number of rotatable bonds is 2. The standard InChI is InChI=1S/C11H15F3N4O.ClH/c1-17-4-3-16-10(17)8-7-15-2-5-18(8)9(19)6-11(12,13)14;/h3-4,8,15H,2,5-7H2,1H3;1H. The van der Waals surface area contributed by atoms with Crippen LogP contribution in [0.2, 0.25) is 0 Å². The third-order valence-corrected chi connectivity index (χ3v) is 3.07. The molecule has 0 bridgehead atoms. The second-order valence-corrected chi connectivity index (χ2v) is 4.50. The van der Waals surface area contributed by atoms with Crippen LogP contribution in [-0.2, 0) is 11.8 Å². The molecule has 0 radical (unpaired) electrons. The Bertz CT molecular complexity index is 463. The maximum absolute atomic E-state index is 12.3. The van der Waals surface area contributed by atoms with E-state index in [1.807, 2.05) is 0 Å². The summed E-state index contributed by atoms with van der Waals surface area (Å²) in [5.41, 5.74) is 0. The molecule has 114 valence electrons. The fourth-order valence-corrected chi connectivity index (χ4v) is 2.20. The van der Waals surface area contributed by atoms with E-state index in [1.165, 1.54) is 4.90 Å². The molecule has 1 N–H and O–H groups in total. The van der Waals surface area contributed by atoms with E-state index >= 15 is 0 Å². The van der Waals surface area contributed by atoms with Gasteiger partial charge in [0.15, 0.2) is 0 Å². The lowest BCUT2D eigenvalue weighted by Gasteiger charge is -2.36. The molecule has 1 aliphatic rings. The summed E-state index contributed by atoms with van der Waals surface area (Å²) in [6.07, 6.45) is -2.63. The highest BCUT2D eigenvalue weighted by Crippen LogP contribution is 2.26. The van der Waals surface area contributed by atoms with Crippen LogP contribution in [0.4, 0.5) is 13.2 Å². The number of aromatic nitrogens is 2. The normalized spacial score (nSPS) is 19.6. The van der Waals surface area contributed by atoms with Gasteiger partial charge in [-0.1, -0.05) is 0 Å². The van der Waals surface area contributed by atoms with E-state index in [0.717, 1.165) is 0 Å². The van der Waals surface area contributed by atoms with Gasteiger partial charge in [-0.3, -0.25) is 4.79 Å². The summed E-state index contributed by atoms with van der Waals surface area (Å²) in [5, 5.41) is 3.07. The Labute approximate surface area is 120 Å². The molecule has 1 aromatic rings. The molecule has 1 aliphatic heterocycles. The maximum atomic E-state index is 12.3. The van der Waals surface area contributed by atoms with Gasteiger partial charge in [0.25, 0.3) is 0 Å². The van der Waals surface area contributed by atoms with E-state index in [4.69, 9.17) is 0 Å². The average Bonchev–Trinajstić information content (AvgIpc) is 2.73. The summed E-state index contributed by atoms with van der Waals surface area (Å²) < 4.78 is 38.7. The van der Waals surface area contributed by atoms with Gasteiger partial charge < -0.3 is 14.8 Å². The van der Waals surface area contributed by atoms with Crippen molar-refractivity contribution in [3.8, 4) is 0 Å². The van der Waals surface area contributed by atoms with Gasteiger partial charge in [0.1, 0.15) is 18.3 Å². The number of halogens is 4. The average molecular weight is 313 g/mol. The number of carbonyl (C=O) groups excluding carboxylic acids is 1. The second kappa shape index (κ2) is 6.45. The van der Waals surface area contributed by atoms with Gasteiger partial charge in [0, 0.05) is 39.1 Å². The summed E-state index contributed by atoms with van der Waals surface area (Å²) >= 11 is 0. The zero-order valence-electron chi connectivity index (χ0n) is 10.9. The Hall–Kier alpha value is -1.28. The molecule has 0 aromatic carbocycles. The summed E-state index contributed by atoms with van der Waals surface area (Å²) in [4.78, 5) is 17.1. The van der Waals surface area contributed by atoms with Gasteiger partial charge in [-0.2, -0.15) is 13.2 Å². The lowest BCUT2D eigenvalue weighted by Crippen LogP contribution is -2.50. The van der Waals surface area contributed by atoms with Gasteiger partial charge in [0.2, 0.25) is 5.91 Å². The van der Waals surface area contributed by atoms with Gasteiger partial charge in [-0.05, 0) is 0 Å². The zero-order valence-corrected chi connectivity index (χ0v) is 11.7. The quantitative estimate of drug-likeness (QED) is 0.894. The van der Waals surface area contributed by atoms with Gasteiger partial charge in [-0.15, -0.1) is 12.4 Å². The van der Waals surface area contributed by atoms with Crippen molar-refractivity contribution < 1.29 is 18.0 Å². The summed E-state index contributed by atoms with van der Waals surface area (Å²) in [6, 6.07) is -0.455. The fourth-order valence-electron chi connectivity index (χ4n) is 2.20. The molecular weight excluding hydrogens is 297 g/mol. The van der Waals surface area contributed by atoms with Crippen molar-refractivity contribution in [1.29, 1.82) is 0 Å². The van der Waals surface area contributed by atoms with Crippen molar-refractivity contribution in [2.24, 2.45) is 7.05 Å². The Morgan fingerprint density at radius 2 is 2.25 bits per heavy atom. The lowest BCUT2D eigenvalue weighted by atomic mass is 10.1. The van der Waals surface area contributed by atoms with Crippen LogP contribution in [0.15, 0.2) is 12.4 Å². The maximum Gasteiger partial charge on any atom is 0.397 e. The van der Waals surface area contributed by atoms with Gasteiger partial charge >= 0.3 is 6.18 Å². The number of nitrogens with zero attached hydrogens (tertiary/aromatic N) is 3. The highest BCUT2D eigenvalue weighted by molar-refractivity contribution is 5.85. The predicted molar refractivity (Wildman–Crippen MR) is 68.5 cm³/mol. The highest BCUT2D eigenvalue weighted by atomic mass is 35.5. The van der Waals surface area contributed by atoms with Crippen molar-refractivity contribution in [2.75, 3.05) is 19.6 Å². The number of piperazine rings is 1. The van der Waals surface area contributed by atoms with E-state index in [-0.39, 0.29) is 19.0 Å². The minimum atomic E-state index is -4.48. The second-order valence-electron chi connectivity index (χ2n) is 4.50. The van der Waals surface area contributed by atoms with Crippen molar-refractivity contribution >= 4 is 18.3 Å². The van der Waals surface area contributed by atoms with Crippen LogP contribution in [0.1, 0.15) is 18.3 Å². The molecule has 0 saturated carbocycles. The van der Waals surface area contributed by atoms with Crippen molar-refractivity contribution in [3.63, 3.8) is 0 Å². The third-order valence-electron chi connectivity index (χ3n) is 3.07. The van der Waals surface area contributed by atoms with E-state index in [1.54, 1.807) is 24.0 Å². The molecular formula is C11H16ClF3N4O. The fraction of sp³-hybridized carbons (Fsp3) is 0.636. The highest BCUT2D eigenvalue weighted by Gasteiger charge is 2.37.